The molecule has 142 valence electrons. The number of phenols is 1. The van der Waals surface area contributed by atoms with E-state index in [1.807, 2.05) is 60.8 Å². The fraction of sp³-hybridized carbons (Fsp3) is 0.0417. The van der Waals surface area contributed by atoms with Crippen LogP contribution in [0.5, 0.6) is 5.75 Å². The average Bonchev–Trinajstić information content (AvgIpc) is 3.14. The highest BCUT2D eigenvalue weighted by molar-refractivity contribution is 6.31. The van der Waals surface area contributed by atoms with Crippen molar-refractivity contribution in [2.75, 3.05) is 0 Å². The van der Waals surface area contributed by atoms with Crippen LogP contribution in [0.15, 0.2) is 83.8 Å². The maximum absolute atomic E-state index is 13.1. The van der Waals surface area contributed by atoms with E-state index in [9.17, 15) is 9.90 Å². The highest BCUT2D eigenvalue weighted by Gasteiger charge is 2.23. The molecular weight excluding hydrogens is 384 g/mol. The fourth-order valence-corrected chi connectivity index (χ4v) is 4.12. The van der Waals surface area contributed by atoms with Crippen molar-refractivity contribution in [1.29, 1.82) is 0 Å². The van der Waals surface area contributed by atoms with Gasteiger partial charge in [-0.25, -0.2) is 0 Å². The Bertz CT molecular complexity index is 1400. The molecule has 29 heavy (non-hydrogen) atoms. The first-order valence-corrected chi connectivity index (χ1v) is 9.65. The summed E-state index contributed by atoms with van der Waals surface area (Å²) in [7, 11) is 0. The van der Waals surface area contributed by atoms with Crippen molar-refractivity contribution in [2.24, 2.45) is 0 Å². The number of phenolic OH excluding ortho intramolecular Hbond substituents is 1. The van der Waals surface area contributed by atoms with Gasteiger partial charge in [-0.1, -0.05) is 41.9 Å². The molecule has 1 unspecified atom stereocenters. The third kappa shape index (κ3) is 3.08. The van der Waals surface area contributed by atoms with Crippen LogP contribution < -0.4 is 5.56 Å². The Labute approximate surface area is 171 Å². The van der Waals surface area contributed by atoms with Gasteiger partial charge in [0.2, 0.25) is 0 Å². The van der Waals surface area contributed by atoms with Crippen molar-refractivity contribution < 1.29 is 5.11 Å². The molecule has 1 atom stereocenters. The number of benzene rings is 3. The SMILES string of the molecule is O=c1[nH]c2ccc(Cl)cc2cc1C(c1ccc(O)cc1)c1c[nH]c2ccccc12. The van der Waals surface area contributed by atoms with Gasteiger partial charge in [0.1, 0.15) is 5.75 Å². The first-order chi connectivity index (χ1) is 14.1. The molecule has 0 aliphatic heterocycles. The summed E-state index contributed by atoms with van der Waals surface area (Å²) in [6.07, 6.45) is 1.95. The van der Waals surface area contributed by atoms with Gasteiger partial charge in [-0.15, -0.1) is 0 Å². The van der Waals surface area contributed by atoms with Crippen LogP contribution in [0.4, 0.5) is 0 Å². The first-order valence-electron chi connectivity index (χ1n) is 9.27. The number of H-pyrrole nitrogens is 2. The van der Waals surface area contributed by atoms with Gasteiger partial charge >= 0.3 is 0 Å². The summed E-state index contributed by atoms with van der Waals surface area (Å²) in [5, 5.41) is 12.3. The van der Waals surface area contributed by atoms with Crippen LogP contribution in [-0.4, -0.2) is 15.1 Å². The summed E-state index contributed by atoms with van der Waals surface area (Å²) >= 11 is 6.18. The number of aromatic hydroxyl groups is 1. The monoisotopic (exact) mass is 400 g/mol. The molecule has 0 saturated heterocycles. The van der Waals surface area contributed by atoms with Crippen LogP contribution in [0.1, 0.15) is 22.6 Å². The van der Waals surface area contributed by atoms with E-state index in [4.69, 9.17) is 11.6 Å². The molecule has 2 aromatic heterocycles. The predicted molar refractivity (Wildman–Crippen MR) is 117 cm³/mol. The van der Waals surface area contributed by atoms with Gasteiger partial charge in [0.05, 0.1) is 0 Å². The second kappa shape index (κ2) is 6.83. The Morgan fingerprint density at radius 3 is 2.48 bits per heavy atom. The lowest BCUT2D eigenvalue weighted by Gasteiger charge is -2.18. The lowest BCUT2D eigenvalue weighted by atomic mass is 9.85. The van der Waals surface area contributed by atoms with E-state index in [1.165, 1.54) is 0 Å². The Kier molecular flexibility index (Phi) is 4.14. The number of para-hydroxylation sites is 1. The third-order valence-electron chi connectivity index (χ3n) is 5.30. The van der Waals surface area contributed by atoms with Gasteiger partial charge in [0.25, 0.3) is 5.56 Å². The molecule has 0 saturated carbocycles. The zero-order valence-electron chi connectivity index (χ0n) is 15.3. The molecule has 3 aromatic carbocycles. The average molecular weight is 401 g/mol. The summed E-state index contributed by atoms with van der Waals surface area (Å²) in [6.45, 7) is 0. The molecular formula is C24H17ClN2O2. The van der Waals surface area contributed by atoms with Crippen molar-refractivity contribution >= 4 is 33.4 Å². The minimum Gasteiger partial charge on any atom is -0.508 e. The van der Waals surface area contributed by atoms with Gasteiger partial charge < -0.3 is 15.1 Å². The maximum Gasteiger partial charge on any atom is 0.252 e. The van der Waals surface area contributed by atoms with E-state index in [0.29, 0.717) is 10.6 Å². The molecule has 2 heterocycles. The zero-order chi connectivity index (χ0) is 20.0. The number of aromatic nitrogens is 2. The minimum atomic E-state index is -0.307. The number of hydrogen-bond acceptors (Lipinski definition) is 2. The number of pyridine rings is 1. The summed E-state index contributed by atoms with van der Waals surface area (Å²) in [5.74, 6) is -0.121. The zero-order valence-corrected chi connectivity index (χ0v) is 16.1. The highest BCUT2D eigenvalue weighted by Crippen LogP contribution is 2.36. The lowest BCUT2D eigenvalue weighted by molar-refractivity contribution is 0.475. The molecule has 3 N–H and O–H groups in total. The maximum atomic E-state index is 13.1. The number of aromatic amines is 2. The highest BCUT2D eigenvalue weighted by atomic mass is 35.5. The molecule has 5 heteroatoms. The Balaban J connectivity index is 1.81. The molecule has 0 aliphatic carbocycles. The summed E-state index contributed by atoms with van der Waals surface area (Å²) < 4.78 is 0. The largest absolute Gasteiger partial charge is 0.508 e. The van der Waals surface area contributed by atoms with E-state index in [2.05, 4.69) is 9.97 Å². The van der Waals surface area contributed by atoms with Crippen LogP contribution >= 0.6 is 11.6 Å². The van der Waals surface area contributed by atoms with Crippen LogP contribution in [0.3, 0.4) is 0 Å². The van der Waals surface area contributed by atoms with E-state index in [-0.39, 0.29) is 17.2 Å². The van der Waals surface area contributed by atoms with Gasteiger partial charge in [0.15, 0.2) is 0 Å². The Hall–Kier alpha value is -3.50. The van der Waals surface area contributed by atoms with E-state index >= 15 is 0 Å². The molecule has 0 aliphatic rings. The number of rotatable bonds is 3. The fourth-order valence-electron chi connectivity index (χ4n) is 3.94. The third-order valence-corrected chi connectivity index (χ3v) is 5.54. The smallest absolute Gasteiger partial charge is 0.252 e. The van der Waals surface area contributed by atoms with Crippen LogP contribution in [-0.2, 0) is 0 Å². The molecule has 0 amide bonds. The standard InChI is InChI=1S/C24H17ClN2O2/c25-16-7-10-21-15(11-16)12-19(24(29)27-21)23(14-5-8-17(28)9-6-14)20-13-26-22-4-2-1-3-18(20)22/h1-13,23,26,28H,(H,27,29). The van der Waals surface area contributed by atoms with Gasteiger partial charge in [-0.05, 0) is 59.0 Å². The van der Waals surface area contributed by atoms with Gasteiger partial charge in [-0.3, -0.25) is 4.79 Å². The molecule has 5 rings (SSSR count). The second-order valence-electron chi connectivity index (χ2n) is 7.10. The first kappa shape index (κ1) is 17.6. The van der Waals surface area contributed by atoms with Crippen LogP contribution in [0.2, 0.25) is 5.02 Å². The number of halogens is 1. The minimum absolute atomic E-state index is 0.150. The van der Waals surface area contributed by atoms with Crippen molar-refractivity contribution in [2.45, 2.75) is 5.92 Å². The number of nitrogens with one attached hydrogen (secondary N) is 2. The Morgan fingerprint density at radius 1 is 0.862 bits per heavy atom. The van der Waals surface area contributed by atoms with Crippen LogP contribution in [0, 0.1) is 0 Å². The summed E-state index contributed by atoms with van der Waals surface area (Å²) in [5.41, 5.74) is 4.13. The summed E-state index contributed by atoms with van der Waals surface area (Å²) in [4.78, 5) is 19.4. The topological polar surface area (TPSA) is 68.9 Å². The molecule has 5 aromatic rings. The predicted octanol–water partition coefficient (Wildman–Crippen LogP) is 5.55. The normalized spacial score (nSPS) is 12.4. The number of hydrogen-bond donors (Lipinski definition) is 3. The Morgan fingerprint density at radius 2 is 1.66 bits per heavy atom. The molecule has 0 fully saturated rings. The summed E-state index contributed by atoms with van der Waals surface area (Å²) in [6, 6.07) is 22.3. The quantitative estimate of drug-likeness (QED) is 0.371. The van der Waals surface area contributed by atoms with E-state index in [1.54, 1.807) is 18.2 Å². The molecule has 0 spiro atoms. The van der Waals surface area contributed by atoms with Gasteiger partial charge in [0, 0.05) is 39.1 Å². The van der Waals surface area contributed by atoms with Crippen molar-refractivity contribution in [3.05, 3.63) is 111 Å². The van der Waals surface area contributed by atoms with E-state index in [0.717, 1.165) is 32.9 Å². The van der Waals surface area contributed by atoms with Crippen molar-refractivity contribution in [1.82, 2.24) is 9.97 Å². The lowest BCUT2D eigenvalue weighted by Crippen LogP contribution is -2.18. The van der Waals surface area contributed by atoms with Crippen LogP contribution in [0.25, 0.3) is 21.8 Å². The molecule has 4 nitrogen and oxygen atoms in total. The molecule has 0 radical (unpaired) electrons. The van der Waals surface area contributed by atoms with Crippen molar-refractivity contribution in [3.63, 3.8) is 0 Å². The molecule has 0 bridgehead atoms. The second-order valence-corrected chi connectivity index (χ2v) is 7.54. The number of fused-ring (bicyclic) bond motifs is 2. The van der Waals surface area contributed by atoms with E-state index < -0.39 is 0 Å². The van der Waals surface area contributed by atoms with Crippen molar-refractivity contribution in [3.8, 4) is 5.75 Å². The van der Waals surface area contributed by atoms with Gasteiger partial charge in [-0.2, -0.15) is 0 Å².